The number of rotatable bonds is 6. The van der Waals surface area contributed by atoms with Gasteiger partial charge in [0.05, 0.1) is 10.6 Å². The Morgan fingerprint density at radius 2 is 1.87 bits per heavy atom. The number of carbonyl (C=O) groups is 2. The van der Waals surface area contributed by atoms with E-state index in [1.807, 2.05) is 0 Å². The van der Waals surface area contributed by atoms with Gasteiger partial charge in [-0.3, -0.25) is 9.59 Å². The average Bonchev–Trinajstić information content (AvgIpc) is 2.59. The molecule has 126 valence electrons. The highest BCUT2D eigenvalue weighted by Gasteiger charge is 2.39. The van der Waals surface area contributed by atoms with Crippen LogP contribution in [0.15, 0.2) is 24.3 Å². The van der Waals surface area contributed by atoms with Gasteiger partial charge < -0.3 is 20.7 Å². The van der Waals surface area contributed by atoms with Gasteiger partial charge in [0.1, 0.15) is 5.60 Å². The molecule has 3 N–H and O–H groups in total. The molecule has 0 unspecified atom stereocenters. The second-order valence-corrected chi connectivity index (χ2v) is 5.85. The second kappa shape index (κ2) is 8.29. The summed E-state index contributed by atoms with van der Waals surface area (Å²) in [7, 11) is 1.56. The molecule has 0 bridgehead atoms. The Kier molecular flexibility index (Phi) is 6.38. The topological polar surface area (TPSA) is 79.5 Å². The standard InChI is InChI=1S/C16H22ClN3O3/c1-23-16(6-8-18-9-7-16)15(22)20-11-10-19-14(21)12-4-2-3-5-13(12)17/h2-5,18H,6-11H2,1H3,(H,19,21)(H,20,22). The van der Waals surface area contributed by atoms with Gasteiger partial charge in [-0.15, -0.1) is 0 Å². The molecule has 0 aromatic heterocycles. The number of amides is 2. The van der Waals surface area contributed by atoms with Crippen molar-refractivity contribution in [1.29, 1.82) is 0 Å². The Balaban J connectivity index is 1.77. The summed E-state index contributed by atoms with van der Waals surface area (Å²) in [6, 6.07) is 6.84. The zero-order valence-corrected chi connectivity index (χ0v) is 13.9. The van der Waals surface area contributed by atoms with Gasteiger partial charge in [-0.1, -0.05) is 23.7 Å². The van der Waals surface area contributed by atoms with E-state index in [1.165, 1.54) is 0 Å². The number of hydrogen-bond acceptors (Lipinski definition) is 4. The largest absolute Gasteiger partial charge is 0.368 e. The third kappa shape index (κ3) is 4.43. The minimum absolute atomic E-state index is 0.131. The number of nitrogens with one attached hydrogen (secondary N) is 3. The van der Waals surface area contributed by atoms with Crippen molar-refractivity contribution < 1.29 is 14.3 Å². The van der Waals surface area contributed by atoms with Crippen molar-refractivity contribution >= 4 is 23.4 Å². The highest BCUT2D eigenvalue weighted by Crippen LogP contribution is 2.22. The number of halogens is 1. The summed E-state index contributed by atoms with van der Waals surface area (Å²) < 4.78 is 5.45. The average molecular weight is 340 g/mol. The van der Waals surface area contributed by atoms with Gasteiger partial charge in [-0.25, -0.2) is 0 Å². The summed E-state index contributed by atoms with van der Waals surface area (Å²) >= 11 is 5.97. The van der Waals surface area contributed by atoms with Crippen LogP contribution < -0.4 is 16.0 Å². The van der Waals surface area contributed by atoms with Gasteiger partial charge in [0.25, 0.3) is 11.8 Å². The first kappa shape index (κ1) is 17.7. The lowest BCUT2D eigenvalue weighted by atomic mass is 9.91. The molecule has 0 spiro atoms. The molecule has 1 aromatic carbocycles. The molecule has 1 aliphatic rings. The van der Waals surface area contributed by atoms with Gasteiger partial charge in [0, 0.05) is 20.2 Å². The molecule has 0 radical (unpaired) electrons. The summed E-state index contributed by atoms with van der Waals surface area (Å²) in [4.78, 5) is 24.3. The Hall–Kier alpha value is -1.63. The third-order valence-corrected chi connectivity index (χ3v) is 4.36. The molecule has 2 amide bonds. The van der Waals surface area contributed by atoms with E-state index < -0.39 is 5.60 Å². The molecule has 1 heterocycles. The summed E-state index contributed by atoms with van der Waals surface area (Å²) in [5.74, 6) is -0.387. The zero-order chi connectivity index (χ0) is 16.7. The summed E-state index contributed by atoms with van der Waals surface area (Å²) in [5.41, 5.74) is -0.343. The van der Waals surface area contributed by atoms with Gasteiger partial charge >= 0.3 is 0 Å². The van der Waals surface area contributed by atoms with Crippen LogP contribution in [0.4, 0.5) is 0 Å². The first-order valence-electron chi connectivity index (χ1n) is 7.66. The number of piperidine rings is 1. The maximum atomic E-state index is 12.3. The van der Waals surface area contributed by atoms with Crippen molar-refractivity contribution in [2.75, 3.05) is 33.3 Å². The maximum Gasteiger partial charge on any atom is 0.252 e. The van der Waals surface area contributed by atoms with E-state index in [0.29, 0.717) is 36.5 Å². The second-order valence-electron chi connectivity index (χ2n) is 5.44. The fraction of sp³-hybridized carbons (Fsp3) is 0.500. The Morgan fingerprint density at radius 1 is 1.22 bits per heavy atom. The minimum atomic E-state index is -0.766. The highest BCUT2D eigenvalue weighted by atomic mass is 35.5. The summed E-state index contributed by atoms with van der Waals surface area (Å²) in [6.07, 6.45) is 1.28. The van der Waals surface area contributed by atoms with Crippen molar-refractivity contribution in [1.82, 2.24) is 16.0 Å². The molecule has 1 aliphatic heterocycles. The SMILES string of the molecule is COC1(C(=O)NCCNC(=O)c2ccccc2Cl)CCNCC1. The molecule has 6 nitrogen and oxygen atoms in total. The lowest BCUT2D eigenvalue weighted by Crippen LogP contribution is -2.54. The van der Waals surface area contributed by atoms with E-state index in [9.17, 15) is 9.59 Å². The van der Waals surface area contributed by atoms with Crippen molar-refractivity contribution in [3.63, 3.8) is 0 Å². The first-order chi connectivity index (χ1) is 11.1. The maximum absolute atomic E-state index is 12.3. The number of methoxy groups -OCH3 is 1. The monoisotopic (exact) mass is 339 g/mol. The van der Waals surface area contributed by atoms with Crippen LogP contribution in [0.25, 0.3) is 0 Å². The predicted octanol–water partition coefficient (Wildman–Crippen LogP) is 0.955. The predicted molar refractivity (Wildman–Crippen MR) is 88.6 cm³/mol. The molecule has 1 aromatic rings. The van der Waals surface area contributed by atoms with Crippen molar-refractivity contribution in [2.24, 2.45) is 0 Å². The molecule has 23 heavy (non-hydrogen) atoms. The van der Waals surface area contributed by atoms with E-state index in [0.717, 1.165) is 13.1 Å². The van der Waals surface area contributed by atoms with Gasteiger partial charge in [-0.05, 0) is 38.1 Å². The van der Waals surface area contributed by atoms with Crippen LogP contribution in [-0.4, -0.2) is 50.7 Å². The van der Waals surface area contributed by atoms with E-state index in [2.05, 4.69) is 16.0 Å². The van der Waals surface area contributed by atoms with Gasteiger partial charge in [0.2, 0.25) is 0 Å². The quantitative estimate of drug-likeness (QED) is 0.674. The van der Waals surface area contributed by atoms with Crippen molar-refractivity contribution in [2.45, 2.75) is 18.4 Å². The first-order valence-corrected chi connectivity index (χ1v) is 8.04. The fourth-order valence-corrected chi connectivity index (χ4v) is 2.83. The lowest BCUT2D eigenvalue weighted by molar-refractivity contribution is -0.146. The molecule has 2 rings (SSSR count). The third-order valence-electron chi connectivity index (χ3n) is 4.03. The van der Waals surface area contributed by atoms with Crippen LogP contribution in [0.2, 0.25) is 5.02 Å². The van der Waals surface area contributed by atoms with E-state index in [-0.39, 0.29) is 11.8 Å². The van der Waals surface area contributed by atoms with Crippen LogP contribution in [0.1, 0.15) is 23.2 Å². The summed E-state index contributed by atoms with van der Waals surface area (Å²) in [5, 5.41) is 9.17. The molecule has 7 heteroatoms. The van der Waals surface area contributed by atoms with Crippen LogP contribution in [0.3, 0.4) is 0 Å². The molecule has 0 aliphatic carbocycles. The zero-order valence-electron chi connectivity index (χ0n) is 13.2. The number of ether oxygens (including phenoxy) is 1. The van der Waals surface area contributed by atoms with E-state index in [4.69, 9.17) is 16.3 Å². The molecule has 1 saturated heterocycles. The number of carbonyl (C=O) groups excluding carboxylic acids is 2. The van der Waals surface area contributed by atoms with Crippen molar-refractivity contribution in [3.8, 4) is 0 Å². The Bertz CT molecular complexity index is 559. The normalized spacial score (nSPS) is 16.6. The minimum Gasteiger partial charge on any atom is -0.368 e. The van der Waals surface area contributed by atoms with Crippen LogP contribution in [0, 0.1) is 0 Å². The Labute approximate surface area is 140 Å². The van der Waals surface area contributed by atoms with Crippen LogP contribution in [0.5, 0.6) is 0 Å². The van der Waals surface area contributed by atoms with Gasteiger partial charge in [0.15, 0.2) is 0 Å². The summed E-state index contributed by atoms with van der Waals surface area (Å²) in [6.45, 7) is 2.18. The Morgan fingerprint density at radius 3 is 2.52 bits per heavy atom. The smallest absolute Gasteiger partial charge is 0.252 e. The molecule has 0 atom stereocenters. The molecular weight excluding hydrogens is 318 g/mol. The molecular formula is C16H22ClN3O3. The molecule has 0 saturated carbocycles. The number of benzene rings is 1. The fourth-order valence-electron chi connectivity index (χ4n) is 2.61. The van der Waals surface area contributed by atoms with Crippen molar-refractivity contribution in [3.05, 3.63) is 34.9 Å². The lowest BCUT2D eigenvalue weighted by Gasteiger charge is -2.34. The highest BCUT2D eigenvalue weighted by molar-refractivity contribution is 6.33. The molecule has 1 fully saturated rings. The van der Waals surface area contributed by atoms with E-state index >= 15 is 0 Å². The van der Waals surface area contributed by atoms with Gasteiger partial charge in [-0.2, -0.15) is 0 Å². The number of hydrogen-bond donors (Lipinski definition) is 3. The van der Waals surface area contributed by atoms with Crippen LogP contribution >= 0.6 is 11.6 Å². The van der Waals surface area contributed by atoms with Crippen LogP contribution in [-0.2, 0) is 9.53 Å². The van der Waals surface area contributed by atoms with E-state index in [1.54, 1.807) is 31.4 Å².